The normalized spacial score (nSPS) is 11.5. The maximum atomic E-state index is 11.9. The van der Waals surface area contributed by atoms with Gasteiger partial charge in [-0.2, -0.15) is 0 Å². The molecule has 0 amide bonds. The third kappa shape index (κ3) is 5.92. The van der Waals surface area contributed by atoms with E-state index >= 15 is 0 Å². The van der Waals surface area contributed by atoms with Gasteiger partial charge in [0.1, 0.15) is 18.0 Å². The number of carbonyl (C=O) groups excluding carboxylic acids is 1. The molecule has 2 aromatic carbocycles. The molecule has 2 aromatic rings. The molecule has 0 atom stereocenters. The lowest BCUT2D eigenvalue weighted by Crippen LogP contribution is -2.22. The average Bonchev–Trinajstić information content (AvgIpc) is 2.51. The zero-order chi connectivity index (χ0) is 17.6. The van der Waals surface area contributed by atoms with Crippen LogP contribution in [-0.4, -0.2) is 11.6 Å². The van der Waals surface area contributed by atoms with Crippen molar-refractivity contribution in [2.24, 2.45) is 0 Å². The van der Waals surface area contributed by atoms with Gasteiger partial charge in [0.2, 0.25) is 0 Å². The topological polar surface area (TPSA) is 35.5 Å². The molecule has 3 nitrogen and oxygen atoms in total. The highest BCUT2D eigenvalue weighted by molar-refractivity contribution is 5.87. The Morgan fingerprint density at radius 1 is 1.08 bits per heavy atom. The number of hydrogen-bond acceptors (Lipinski definition) is 3. The second-order valence-corrected chi connectivity index (χ2v) is 6.68. The Morgan fingerprint density at radius 3 is 2.46 bits per heavy atom. The van der Waals surface area contributed by atoms with Crippen LogP contribution in [0.4, 0.5) is 0 Å². The Labute approximate surface area is 143 Å². The summed E-state index contributed by atoms with van der Waals surface area (Å²) in [6.07, 6.45) is 3.18. The number of aryl methyl sites for hydroxylation is 1. The summed E-state index contributed by atoms with van der Waals surface area (Å²) < 4.78 is 11.2. The van der Waals surface area contributed by atoms with Crippen LogP contribution < -0.4 is 4.74 Å². The molecule has 0 spiro atoms. The van der Waals surface area contributed by atoms with Crippen LogP contribution in [0, 0.1) is 6.92 Å². The number of esters is 1. The minimum absolute atomic E-state index is 0.363. The van der Waals surface area contributed by atoms with E-state index in [0.717, 1.165) is 22.4 Å². The molecule has 2 rings (SSSR count). The molecule has 0 unspecified atom stereocenters. The van der Waals surface area contributed by atoms with E-state index in [1.807, 2.05) is 76.2 Å². The molecule has 0 N–H and O–H groups in total. The zero-order valence-corrected chi connectivity index (χ0v) is 14.7. The van der Waals surface area contributed by atoms with Crippen molar-refractivity contribution in [3.8, 4) is 5.75 Å². The number of carbonyl (C=O) groups is 1. The van der Waals surface area contributed by atoms with Crippen molar-refractivity contribution in [2.75, 3.05) is 0 Å². The van der Waals surface area contributed by atoms with Gasteiger partial charge in [0.15, 0.2) is 0 Å². The van der Waals surface area contributed by atoms with Crippen LogP contribution >= 0.6 is 0 Å². The molecule has 0 fully saturated rings. The van der Waals surface area contributed by atoms with Gasteiger partial charge in [-0.1, -0.05) is 42.0 Å². The van der Waals surface area contributed by atoms with E-state index in [0.29, 0.717) is 6.61 Å². The van der Waals surface area contributed by atoms with Crippen LogP contribution in [0.3, 0.4) is 0 Å². The third-order valence-electron chi connectivity index (χ3n) is 3.21. The van der Waals surface area contributed by atoms with Crippen molar-refractivity contribution in [3.63, 3.8) is 0 Å². The quantitative estimate of drug-likeness (QED) is 0.578. The first-order valence-electron chi connectivity index (χ1n) is 8.02. The van der Waals surface area contributed by atoms with Gasteiger partial charge in [-0.3, -0.25) is 0 Å². The van der Waals surface area contributed by atoms with E-state index in [4.69, 9.17) is 9.47 Å². The minimum atomic E-state index is -0.499. The largest absolute Gasteiger partial charge is 0.488 e. The monoisotopic (exact) mass is 324 g/mol. The SMILES string of the molecule is Cc1ccc(OCc2ccccc2)c(C=CC(=O)OC(C)(C)C)c1. The molecule has 0 saturated carbocycles. The highest BCUT2D eigenvalue weighted by Gasteiger charge is 2.14. The van der Waals surface area contributed by atoms with Gasteiger partial charge >= 0.3 is 5.97 Å². The molecule has 0 aliphatic rings. The van der Waals surface area contributed by atoms with Crippen LogP contribution in [0.2, 0.25) is 0 Å². The van der Waals surface area contributed by atoms with E-state index < -0.39 is 5.60 Å². The van der Waals surface area contributed by atoms with E-state index in [9.17, 15) is 4.79 Å². The molecule has 0 heterocycles. The van der Waals surface area contributed by atoms with E-state index in [-0.39, 0.29) is 5.97 Å². The third-order valence-corrected chi connectivity index (χ3v) is 3.21. The van der Waals surface area contributed by atoms with E-state index in [1.165, 1.54) is 6.08 Å². The van der Waals surface area contributed by atoms with Gasteiger partial charge in [0.25, 0.3) is 0 Å². The smallest absolute Gasteiger partial charge is 0.331 e. The average molecular weight is 324 g/mol. The second kappa shape index (κ2) is 7.82. The number of ether oxygens (including phenoxy) is 2. The first-order valence-corrected chi connectivity index (χ1v) is 8.02. The summed E-state index contributed by atoms with van der Waals surface area (Å²) in [4.78, 5) is 11.9. The lowest BCUT2D eigenvalue weighted by molar-refractivity contribution is -0.148. The van der Waals surface area contributed by atoms with Crippen molar-refractivity contribution in [1.29, 1.82) is 0 Å². The summed E-state index contributed by atoms with van der Waals surface area (Å²) in [5.41, 5.74) is 2.56. The van der Waals surface area contributed by atoms with Gasteiger partial charge in [0.05, 0.1) is 0 Å². The molecule has 0 radical (unpaired) electrons. The molecular weight excluding hydrogens is 300 g/mol. The number of hydrogen-bond donors (Lipinski definition) is 0. The van der Waals surface area contributed by atoms with Crippen molar-refractivity contribution in [3.05, 3.63) is 71.3 Å². The van der Waals surface area contributed by atoms with Crippen molar-refractivity contribution in [2.45, 2.75) is 39.9 Å². The molecule has 0 aliphatic carbocycles. The molecule has 0 aromatic heterocycles. The molecule has 0 aliphatic heterocycles. The lowest BCUT2D eigenvalue weighted by Gasteiger charge is -2.18. The van der Waals surface area contributed by atoms with Gasteiger partial charge < -0.3 is 9.47 Å². The fourth-order valence-electron chi connectivity index (χ4n) is 2.16. The van der Waals surface area contributed by atoms with Gasteiger partial charge in [-0.05, 0) is 51.5 Å². The minimum Gasteiger partial charge on any atom is -0.488 e. The summed E-state index contributed by atoms with van der Waals surface area (Å²) in [7, 11) is 0. The summed E-state index contributed by atoms with van der Waals surface area (Å²) >= 11 is 0. The standard InChI is InChI=1S/C21H24O3/c1-16-10-12-19(23-15-17-8-6-5-7-9-17)18(14-16)11-13-20(22)24-21(2,3)4/h5-14H,15H2,1-4H3. The first kappa shape index (κ1) is 17.8. The summed E-state index contributed by atoms with van der Waals surface area (Å²) in [6, 6.07) is 15.9. The van der Waals surface area contributed by atoms with Crippen molar-refractivity contribution < 1.29 is 14.3 Å². The zero-order valence-electron chi connectivity index (χ0n) is 14.7. The highest BCUT2D eigenvalue weighted by Crippen LogP contribution is 2.23. The maximum Gasteiger partial charge on any atom is 0.331 e. The van der Waals surface area contributed by atoms with Gasteiger partial charge in [-0.15, -0.1) is 0 Å². The predicted octanol–water partition coefficient (Wildman–Crippen LogP) is 4.93. The fraction of sp³-hybridized carbons (Fsp3) is 0.286. The first-order chi connectivity index (χ1) is 11.3. The van der Waals surface area contributed by atoms with Crippen molar-refractivity contribution >= 4 is 12.0 Å². The molecule has 3 heteroatoms. The maximum absolute atomic E-state index is 11.9. The Morgan fingerprint density at radius 2 is 1.79 bits per heavy atom. The van der Waals surface area contributed by atoms with Gasteiger partial charge in [0, 0.05) is 11.6 Å². The lowest BCUT2D eigenvalue weighted by atomic mass is 10.1. The Bertz CT molecular complexity index is 710. The summed E-state index contributed by atoms with van der Waals surface area (Å²) in [5, 5.41) is 0. The highest BCUT2D eigenvalue weighted by atomic mass is 16.6. The predicted molar refractivity (Wildman–Crippen MR) is 96.8 cm³/mol. The second-order valence-electron chi connectivity index (χ2n) is 6.68. The van der Waals surface area contributed by atoms with Crippen LogP contribution in [0.1, 0.15) is 37.5 Å². The summed E-state index contributed by atoms with van der Waals surface area (Å²) in [6.45, 7) is 8.03. The fourth-order valence-corrected chi connectivity index (χ4v) is 2.16. The number of rotatable bonds is 5. The van der Waals surface area contributed by atoms with Crippen LogP contribution in [-0.2, 0) is 16.1 Å². The number of benzene rings is 2. The van der Waals surface area contributed by atoms with Crippen LogP contribution in [0.5, 0.6) is 5.75 Å². The molecule has 0 bridgehead atoms. The Balaban J connectivity index is 2.11. The molecule has 126 valence electrons. The van der Waals surface area contributed by atoms with E-state index in [2.05, 4.69) is 0 Å². The molecule has 24 heavy (non-hydrogen) atoms. The molecular formula is C21H24O3. The van der Waals surface area contributed by atoms with Crippen molar-refractivity contribution in [1.82, 2.24) is 0 Å². The summed E-state index contributed by atoms with van der Waals surface area (Å²) in [5.74, 6) is 0.377. The molecule has 0 saturated heterocycles. The van der Waals surface area contributed by atoms with Crippen LogP contribution in [0.25, 0.3) is 6.08 Å². The van der Waals surface area contributed by atoms with Gasteiger partial charge in [-0.25, -0.2) is 4.79 Å². The van der Waals surface area contributed by atoms with E-state index in [1.54, 1.807) is 6.08 Å². The van der Waals surface area contributed by atoms with Crippen LogP contribution in [0.15, 0.2) is 54.6 Å². The Hall–Kier alpha value is -2.55. The Kier molecular flexibility index (Phi) is 5.80.